The third-order valence-electron chi connectivity index (χ3n) is 4.21. The molecule has 1 fully saturated rings. The molecule has 0 atom stereocenters. The summed E-state index contributed by atoms with van der Waals surface area (Å²) in [6.45, 7) is 3.43. The first kappa shape index (κ1) is 18.3. The Hall–Kier alpha value is -2.54. The van der Waals surface area contributed by atoms with E-state index in [4.69, 9.17) is 20.8 Å². The average Bonchev–Trinajstić information content (AvgIpc) is 3.18. The number of rotatable bonds is 5. The molecule has 7 nitrogen and oxygen atoms in total. The number of amides is 2. The van der Waals surface area contributed by atoms with Crippen molar-refractivity contribution in [3.8, 4) is 5.88 Å². The predicted molar refractivity (Wildman–Crippen MR) is 95.5 cm³/mol. The summed E-state index contributed by atoms with van der Waals surface area (Å²) < 4.78 is 10.3. The first-order valence-electron chi connectivity index (χ1n) is 8.50. The van der Waals surface area contributed by atoms with E-state index in [2.05, 4.69) is 10.3 Å². The fourth-order valence-corrected chi connectivity index (χ4v) is 3.05. The molecule has 0 radical (unpaired) electrons. The number of pyridine rings is 1. The molecule has 1 aliphatic heterocycles. The van der Waals surface area contributed by atoms with Gasteiger partial charge in [-0.25, -0.2) is 4.98 Å². The molecular formula is C18H20ClN3O4. The summed E-state index contributed by atoms with van der Waals surface area (Å²) in [5.74, 6) is -0.0311. The maximum Gasteiger partial charge on any atom is 0.271 e. The molecule has 138 valence electrons. The summed E-state index contributed by atoms with van der Waals surface area (Å²) >= 11 is 6.09. The first-order valence-corrected chi connectivity index (χ1v) is 8.88. The van der Waals surface area contributed by atoms with E-state index in [1.165, 1.54) is 12.5 Å². The molecule has 1 aliphatic rings. The minimum absolute atomic E-state index is 0.0375. The molecule has 8 heteroatoms. The number of furan rings is 1. The van der Waals surface area contributed by atoms with Gasteiger partial charge in [-0.1, -0.05) is 11.6 Å². The van der Waals surface area contributed by atoms with Crippen molar-refractivity contribution in [3.05, 3.63) is 47.0 Å². The molecule has 0 spiro atoms. The fraction of sp³-hybridized carbons (Fsp3) is 0.389. The minimum atomic E-state index is -0.337. The molecule has 3 rings (SSSR count). The number of piperidine rings is 1. The molecule has 2 aromatic heterocycles. The van der Waals surface area contributed by atoms with Crippen LogP contribution in [-0.2, 0) is 0 Å². The highest BCUT2D eigenvalue weighted by atomic mass is 35.5. The zero-order chi connectivity index (χ0) is 18.5. The smallest absolute Gasteiger partial charge is 0.271 e. The highest BCUT2D eigenvalue weighted by Crippen LogP contribution is 2.20. The highest BCUT2D eigenvalue weighted by molar-refractivity contribution is 6.33. The Morgan fingerprint density at radius 3 is 2.77 bits per heavy atom. The van der Waals surface area contributed by atoms with Gasteiger partial charge in [0.1, 0.15) is 6.26 Å². The van der Waals surface area contributed by atoms with E-state index >= 15 is 0 Å². The number of hydrogen-bond acceptors (Lipinski definition) is 5. The van der Waals surface area contributed by atoms with Crippen molar-refractivity contribution >= 4 is 23.4 Å². The first-order chi connectivity index (χ1) is 12.6. The van der Waals surface area contributed by atoms with Gasteiger partial charge in [-0.15, -0.1) is 0 Å². The molecule has 1 saturated heterocycles. The van der Waals surface area contributed by atoms with Gasteiger partial charge >= 0.3 is 0 Å². The number of nitrogens with one attached hydrogen (secondary N) is 1. The van der Waals surface area contributed by atoms with Crippen molar-refractivity contribution in [2.75, 3.05) is 19.7 Å². The Balaban J connectivity index is 1.57. The summed E-state index contributed by atoms with van der Waals surface area (Å²) in [5, 5.41) is 3.22. The zero-order valence-electron chi connectivity index (χ0n) is 14.4. The number of carbonyl (C=O) groups is 2. The van der Waals surface area contributed by atoms with Gasteiger partial charge < -0.3 is 19.4 Å². The monoisotopic (exact) mass is 377 g/mol. The normalized spacial score (nSPS) is 14.9. The third kappa shape index (κ3) is 4.16. The molecule has 0 bridgehead atoms. The summed E-state index contributed by atoms with van der Waals surface area (Å²) in [6, 6.07) is 4.84. The lowest BCUT2D eigenvalue weighted by molar-refractivity contribution is 0.0697. The fourth-order valence-electron chi connectivity index (χ4n) is 2.86. The summed E-state index contributed by atoms with van der Waals surface area (Å²) in [4.78, 5) is 30.7. The highest BCUT2D eigenvalue weighted by Gasteiger charge is 2.26. The number of carbonyl (C=O) groups excluding carboxylic acids is 2. The van der Waals surface area contributed by atoms with Crippen LogP contribution < -0.4 is 10.1 Å². The number of ether oxygens (including phenoxy) is 1. The van der Waals surface area contributed by atoms with Crippen LogP contribution in [0.25, 0.3) is 0 Å². The Morgan fingerprint density at radius 2 is 2.12 bits per heavy atom. The SMILES string of the molecule is CCOc1ccc(Cl)c(C(=O)NC2CCN(C(=O)c3ccoc3)CC2)n1. The molecule has 1 N–H and O–H groups in total. The van der Waals surface area contributed by atoms with Gasteiger partial charge in [0.25, 0.3) is 11.8 Å². The van der Waals surface area contributed by atoms with Crippen molar-refractivity contribution < 1.29 is 18.7 Å². The van der Waals surface area contributed by atoms with E-state index in [1.54, 1.807) is 23.1 Å². The van der Waals surface area contributed by atoms with Crippen molar-refractivity contribution in [2.24, 2.45) is 0 Å². The second-order valence-corrected chi connectivity index (χ2v) is 6.37. The summed E-state index contributed by atoms with van der Waals surface area (Å²) in [6.07, 6.45) is 4.25. The average molecular weight is 378 g/mol. The minimum Gasteiger partial charge on any atom is -0.478 e. The summed E-state index contributed by atoms with van der Waals surface area (Å²) in [7, 11) is 0. The van der Waals surface area contributed by atoms with Gasteiger partial charge in [-0.05, 0) is 31.9 Å². The second-order valence-electron chi connectivity index (χ2n) is 5.96. The maximum absolute atomic E-state index is 12.5. The van der Waals surface area contributed by atoms with Gasteiger partial charge in [-0.3, -0.25) is 9.59 Å². The van der Waals surface area contributed by atoms with Crippen LogP contribution >= 0.6 is 11.6 Å². The van der Waals surface area contributed by atoms with Crippen LogP contribution in [0.15, 0.2) is 35.1 Å². The molecule has 2 aromatic rings. The summed E-state index contributed by atoms with van der Waals surface area (Å²) in [5.41, 5.74) is 0.686. The Labute approximate surface area is 156 Å². The number of hydrogen-bond donors (Lipinski definition) is 1. The van der Waals surface area contributed by atoms with Crippen molar-refractivity contribution in [1.82, 2.24) is 15.2 Å². The van der Waals surface area contributed by atoms with Crippen molar-refractivity contribution in [3.63, 3.8) is 0 Å². The third-order valence-corrected chi connectivity index (χ3v) is 4.52. The number of aromatic nitrogens is 1. The van der Waals surface area contributed by atoms with Crippen LogP contribution in [0.2, 0.25) is 5.02 Å². The lowest BCUT2D eigenvalue weighted by atomic mass is 10.0. The lowest BCUT2D eigenvalue weighted by Gasteiger charge is -2.32. The number of nitrogens with zero attached hydrogens (tertiary/aromatic N) is 2. The van der Waals surface area contributed by atoms with E-state index in [0.717, 1.165) is 0 Å². The van der Waals surface area contributed by atoms with Crippen molar-refractivity contribution in [1.29, 1.82) is 0 Å². The number of likely N-dealkylation sites (tertiary alicyclic amines) is 1. The topological polar surface area (TPSA) is 84.7 Å². The lowest BCUT2D eigenvalue weighted by Crippen LogP contribution is -2.46. The van der Waals surface area contributed by atoms with Crippen LogP contribution in [0.4, 0.5) is 0 Å². The molecule has 2 amide bonds. The molecule has 0 unspecified atom stereocenters. The molecule has 0 aromatic carbocycles. The van der Waals surface area contributed by atoms with E-state index in [1.807, 2.05) is 6.92 Å². The largest absolute Gasteiger partial charge is 0.478 e. The van der Waals surface area contributed by atoms with E-state index in [9.17, 15) is 9.59 Å². The molecular weight excluding hydrogens is 358 g/mol. The quantitative estimate of drug-likeness (QED) is 0.866. The Morgan fingerprint density at radius 1 is 1.35 bits per heavy atom. The predicted octanol–water partition coefficient (Wildman–Crippen LogP) is 2.76. The second kappa shape index (κ2) is 8.23. The van der Waals surface area contributed by atoms with E-state index < -0.39 is 0 Å². The van der Waals surface area contributed by atoms with Gasteiger partial charge in [-0.2, -0.15) is 0 Å². The maximum atomic E-state index is 12.5. The number of halogens is 1. The molecule has 0 saturated carbocycles. The van der Waals surface area contributed by atoms with Crippen molar-refractivity contribution in [2.45, 2.75) is 25.8 Å². The standard InChI is InChI=1S/C18H20ClN3O4/c1-2-26-15-4-3-14(19)16(21-15)17(23)20-13-5-8-22(9-6-13)18(24)12-7-10-25-11-12/h3-4,7,10-11,13H,2,5-6,8-9H2,1H3,(H,20,23). The van der Waals surface area contributed by atoms with Crippen LogP contribution in [0.1, 0.15) is 40.6 Å². The van der Waals surface area contributed by atoms with E-state index in [-0.39, 0.29) is 28.6 Å². The van der Waals surface area contributed by atoms with Gasteiger partial charge in [0.15, 0.2) is 5.69 Å². The Bertz CT molecular complexity index is 771. The van der Waals surface area contributed by atoms with Gasteiger partial charge in [0.2, 0.25) is 5.88 Å². The van der Waals surface area contributed by atoms with Crippen LogP contribution in [0.5, 0.6) is 5.88 Å². The van der Waals surface area contributed by atoms with Gasteiger partial charge in [0, 0.05) is 25.2 Å². The van der Waals surface area contributed by atoms with Gasteiger partial charge in [0.05, 0.1) is 23.5 Å². The van der Waals surface area contributed by atoms with Crippen LogP contribution in [0, 0.1) is 0 Å². The zero-order valence-corrected chi connectivity index (χ0v) is 15.2. The molecule has 3 heterocycles. The molecule has 26 heavy (non-hydrogen) atoms. The van der Waals surface area contributed by atoms with Crippen LogP contribution in [0.3, 0.4) is 0 Å². The van der Waals surface area contributed by atoms with E-state index in [0.29, 0.717) is 44.0 Å². The molecule has 0 aliphatic carbocycles. The van der Waals surface area contributed by atoms with Crippen LogP contribution in [-0.4, -0.2) is 47.4 Å². The Kier molecular flexibility index (Phi) is 5.78.